The van der Waals surface area contributed by atoms with Crippen molar-refractivity contribution in [1.29, 1.82) is 0 Å². The summed E-state index contributed by atoms with van der Waals surface area (Å²) in [5, 5.41) is 3.42. The van der Waals surface area contributed by atoms with E-state index in [1.165, 1.54) is 11.1 Å². The highest BCUT2D eigenvalue weighted by molar-refractivity contribution is 5.27. The van der Waals surface area contributed by atoms with E-state index >= 15 is 0 Å². The molecule has 0 saturated carbocycles. The Morgan fingerprint density at radius 2 is 1.65 bits per heavy atom. The summed E-state index contributed by atoms with van der Waals surface area (Å²) in [5.41, 5.74) is 2.75. The van der Waals surface area contributed by atoms with Gasteiger partial charge in [-0.3, -0.25) is 0 Å². The van der Waals surface area contributed by atoms with Crippen LogP contribution in [-0.2, 0) is 12.8 Å². The molecular weight excluding hydrogens is 246 g/mol. The van der Waals surface area contributed by atoms with Crippen LogP contribution in [0.25, 0.3) is 0 Å². The Labute approximate surface area is 121 Å². The Morgan fingerprint density at radius 1 is 0.950 bits per heavy atom. The molecule has 2 heteroatoms. The van der Waals surface area contributed by atoms with Crippen LogP contribution in [0.4, 0.5) is 0 Å². The number of aryl methyl sites for hydroxylation is 1. The molecule has 0 radical (unpaired) electrons. The van der Waals surface area contributed by atoms with Crippen LogP contribution in [0, 0.1) is 0 Å². The maximum Gasteiger partial charge on any atom is 0.118 e. The molecule has 1 unspecified atom stereocenters. The Balaban J connectivity index is 1.86. The summed E-state index contributed by atoms with van der Waals surface area (Å²) in [5.74, 6) is 0.920. The molecule has 1 N–H and O–H groups in total. The number of likely N-dealkylation sites (N-methyl/N-ethyl adjacent to an activating group) is 1. The van der Waals surface area contributed by atoms with Crippen molar-refractivity contribution < 1.29 is 4.74 Å². The zero-order valence-corrected chi connectivity index (χ0v) is 12.3. The third kappa shape index (κ3) is 4.39. The molecule has 106 valence electrons. The minimum Gasteiger partial charge on any atom is -0.497 e. The predicted molar refractivity (Wildman–Crippen MR) is 84.3 cm³/mol. The van der Waals surface area contributed by atoms with Gasteiger partial charge in [0.2, 0.25) is 0 Å². The summed E-state index contributed by atoms with van der Waals surface area (Å²) in [7, 11) is 3.74. The molecule has 0 aliphatic carbocycles. The monoisotopic (exact) mass is 269 g/mol. The maximum atomic E-state index is 5.18. The van der Waals surface area contributed by atoms with Crippen molar-refractivity contribution in [3.8, 4) is 5.75 Å². The van der Waals surface area contributed by atoms with Crippen LogP contribution in [-0.4, -0.2) is 20.2 Å². The lowest BCUT2D eigenvalue weighted by molar-refractivity contribution is 0.414. The zero-order chi connectivity index (χ0) is 14.2. The van der Waals surface area contributed by atoms with Crippen LogP contribution in [0.1, 0.15) is 17.5 Å². The second kappa shape index (κ2) is 7.71. The van der Waals surface area contributed by atoms with Gasteiger partial charge in [0.05, 0.1) is 7.11 Å². The average molecular weight is 269 g/mol. The third-order valence-corrected chi connectivity index (χ3v) is 3.67. The first-order valence-electron chi connectivity index (χ1n) is 7.16. The van der Waals surface area contributed by atoms with Gasteiger partial charge in [-0.15, -0.1) is 0 Å². The first-order valence-corrected chi connectivity index (χ1v) is 7.16. The Bertz CT molecular complexity index is 493. The lowest BCUT2D eigenvalue weighted by atomic mass is 9.99. The van der Waals surface area contributed by atoms with Crippen molar-refractivity contribution in [1.82, 2.24) is 5.32 Å². The van der Waals surface area contributed by atoms with Gasteiger partial charge in [-0.25, -0.2) is 0 Å². The van der Waals surface area contributed by atoms with Gasteiger partial charge in [0.25, 0.3) is 0 Å². The predicted octanol–water partition coefficient (Wildman–Crippen LogP) is 3.46. The van der Waals surface area contributed by atoms with Gasteiger partial charge in [0.15, 0.2) is 0 Å². The lowest BCUT2D eigenvalue weighted by Crippen LogP contribution is -2.28. The number of benzene rings is 2. The van der Waals surface area contributed by atoms with Gasteiger partial charge in [-0.05, 0) is 49.6 Å². The second-order valence-electron chi connectivity index (χ2n) is 5.06. The van der Waals surface area contributed by atoms with Crippen LogP contribution in [0.2, 0.25) is 0 Å². The minimum absolute atomic E-state index is 0.513. The Hall–Kier alpha value is -1.80. The van der Waals surface area contributed by atoms with Crippen molar-refractivity contribution in [2.45, 2.75) is 25.3 Å². The van der Waals surface area contributed by atoms with E-state index in [1.54, 1.807) is 7.11 Å². The highest BCUT2D eigenvalue weighted by Gasteiger charge is 2.07. The van der Waals surface area contributed by atoms with Crippen LogP contribution < -0.4 is 10.1 Å². The fraction of sp³-hybridized carbons (Fsp3) is 0.333. The van der Waals surface area contributed by atoms with Gasteiger partial charge in [-0.1, -0.05) is 42.5 Å². The van der Waals surface area contributed by atoms with Crippen LogP contribution in [0.15, 0.2) is 54.6 Å². The normalized spacial score (nSPS) is 12.1. The Morgan fingerprint density at radius 3 is 2.25 bits per heavy atom. The van der Waals surface area contributed by atoms with E-state index in [0.29, 0.717) is 6.04 Å². The van der Waals surface area contributed by atoms with Gasteiger partial charge < -0.3 is 10.1 Å². The molecule has 0 aliphatic rings. The molecule has 2 nitrogen and oxygen atoms in total. The molecule has 0 amide bonds. The summed E-state index contributed by atoms with van der Waals surface area (Å²) in [6.07, 6.45) is 3.30. The van der Waals surface area contributed by atoms with Crippen LogP contribution >= 0.6 is 0 Å². The summed E-state index contributed by atoms with van der Waals surface area (Å²) in [6.45, 7) is 0. The van der Waals surface area contributed by atoms with Crippen molar-refractivity contribution >= 4 is 0 Å². The summed E-state index contributed by atoms with van der Waals surface area (Å²) in [6, 6.07) is 19.5. The van der Waals surface area contributed by atoms with Gasteiger partial charge in [0.1, 0.15) is 5.75 Å². The topological polar surface area (TPSA) is 21.3 Å². The van der Waals surface area contributed by atoms with E-state index in [0.717, 1.165) is 25.0 Å². The highest BCUT2D eigenvalue weighted by Crippen LogP contribution is 2.14. The molecule has 0 spiro atoms. The van der Waals surface area contributed by atoms with Crippen LogP contribution in [0.5, 0.6) is 5.75 Å². The standard InChI is InChI=1S/C18H23NO/c1-19-17(14-16-6-4-3-5-7-16)11-8-15-9-12-18(20-2)13-10-15/h3-7,9-10,12-13,17,19H,8,11,14H2,1-2H3. The van der Waals surface area contributed by atoms with Crippen molar-refractivity contribution in [2.75, 3.05) is 14.2 Å². The molecule has 0 aromatic heterocycles. The van der Waals surface area contributed by atoms with E-state index in [-0.39, 0.29) is 0 Å². The number of hydrogen-bond acceptors (Lipinski definition) is 2. The zero-order valence-electron chi connectivity index (χ0n) is 12.3. The maximum absolute atomic E-state index is 5.18. The minimum atomic E-state index is 0.513. The molecule has 2 aromatic rings. The molecule has 20 heavy (non-hydrogen) atoms. The van der Waals surface area contributed by atoms with Crippen molar-refractivity contribution in [2.24, 2.45) is 0 Å². The third-order valence-electron chi connectivity index (χ3n) is 3.67. The van der Waals surface area contributed by atoms with E-state index in [1.807, 2.05) is 19.2 Å². The molecule has 0 bridgehead atoms. The molecule has 1 atom stereocenters. The quantitative estimate of drug-likeness (QED) is 0.831. The van der Waals surface area contributed by atoms with E-state index in [4.69, 9.17) is 4.74 Å². The summed E-state index contributed by atoms with van der Waals surface area (Å²) < 4.78 is 5.18. The first kappa shape index (κ1) is 14.6. The SMILES string of the molecule is CNC(CCc1ccc(OC)cc1)Cc1ccccc1. The number of ether oxygens (including phenoxy) is 1. The summed E-state index contributed by atoms with van der Waals surface area (Å²) >= 11 is 0. The van der Waals surface area contributed by atoms with Crippen molar-refractivity contribution in [3.63, 3.8) is 0 Å². The smallest absolute Gasteiger partial charge is 0.118 e. The van der Waals surface area contributed by atoms with Gasteiger partial charge in [0, 0.05) is 6.04 Å². The summed E-state index contributed by atoms with van der Waals surface area (Å²) in [4.78, 5) is 0. The van der Waals surface area contributed by atoms with Gasteiger partial charge >= 0.3 is 0 Å². The average Bonchev–Trinajstić information content (AvgIpc) is 2.53. The molecule has 0 saturated heterocycles. The molecule has 2 aromatic carbocycles. The highest BCUT2D eigenvalue weighted by atomic mass is 16.5. The molecule has 0 heterocycles. The van der Waals surface area contributed by atoms with Gasteiger partial charge in [-0.2, -0.15) is 0 Å². The largest absolute Gasteiger partial charge is 0.497 e. The first-order chi connectivity index (χ1) is 9.81. The lowest BCUT2D eigenvalue weighted by Gasteiger charge is -2.16. The second-order valence-corrected chi connectivity index (χ2v) is 5.06. The fourth-order valence-corrected chi connectivity index (χ4v) is 2.38. The van der Waals surface area contributed by atoms with Crippen molar-refractivity contribution in [3.05, 3.63) is 65.7 Å². The van der Waals surface area contributed by atoms with E-state index in [2.05, 4.69) is 47.8 Å². The molecule has 0 aliphatic heterocycles. The number of methoxy groups -OCH3 is 1. The molecule has 0 fully saturated rings. The molecular formula is C18H23NO. The number of hydrogen-bond donors (Lipinski definition) is 1. The fourth-order valence-electron chi connectivity index (χ4n) is 2.38. The molecule has 2 rings (SSSR count). The number of rotatable bonds is 7. The van der Waals surface area contributed by atoms with Crippen LogP contribution in [0.3, 0.4) is 0 Å². The van der Waals surface area contributed by atoms with E-state index < -0.39 is 0 Å². The van der Waals surface area contributed by atoms with E-state index in [9.17, 15) is 0 Å². The Kier molecular flexibility index (Phi) is 5.63. The number of nitrogens with one attached hydrogen (secondary N) is 1.